The van der Waals surface area contributed by atoms with Crippen molar-refractivity contribution in [3.8, 4) is 5.75 Å². The van der Waals surface area contributed by atoms with E-state index >= 15 is 0 Å². The fourth-order valence-electron chi connectivity index (χ4n) is 4.60. The SMILES string of the molecule is O=C(Oc1ccc(Br)cc1)c1cccc(N2C(=O)[C@@H]3[C@H](C2=O)[C@H]2C=C[C@H]3C2)c1. The van der Waals surface area contributed by atoms with Crippen molar-refractivity contribution in [2.45, 2.75) is 6.42 Å². The third kappa shape index (κ3) is 2.63. The number of hydrogen-bond donors (Lipinski definition) is 0. The summed E-state index contributed by atoms with van der Waals surface area (Å²) in [6.45, 7) is 0. The molecule has 1 heterocycles. The number of allylic oxidation sites excluding steroid dienone is 2. The first-order chi connectivity index (χ1) is 13.5. The third-order valence-corrected chi connectivity index (χ3v) is 6.36. The van der Waals surface area contributed by atoms with E-state index < -0.39 is 5.97 Å². The summed E-state index contributed by atoms with van der Waals surface area (Å²) in [7, 11) is 0. The van der Waals surface area contributed by atoms with Crippen LogP contribution in [0.2, 0.25) is 0 Å². The molecule has 1 saturated carbocycles. The average molecular weight is 438 g/mol. The van der Waals surface area contributed by atoms with Gasteiger partial charge in [0.15, 0.2) is 0 Å². The Morgan fingerprint density at radius 3 is 2.25 bits per heavy atom. The molecular weight excluding hydrogens is 422 g/mol. The molecule has 2 aromatic rings. The van der Waals surface area contributed by atoms with Crippen LogP contribution in [0.15, 0.2) is 65.2 Å². The van der Waals surface area contributed by atoms with Gasteiger partial charge in [0.05, 0.1) is 23.1 Å². The van der Waals surface area contributed by atoms with Crippen molar-refractivity contribution < 1.29 is 19.1 Å². The van der Waals surface area contributed by atoms with Crippen molar-refractivity contribution in [3.63, 3.8) is 0 Å². The van der Waals surface area contributed by atoms with E-state index in [1.165, 1.54) is 4.90 Å². The fourth-order valence-corrected chi connectivity index (χ4v) is 4.86. The first-order valence-corrected chi connectivity index (χ1v) is 9.96. The second-order valence-electron chi connectivity index (χ2n) is 7.41. The van der Waals surface area contributed by atoms with Gasteiger partial charge >= 0.3 is 5.97 Å². The number of nitrogens with zero attached hydrogens (tertiary/aromatic N) is 1. The van der Waals surface area contributed by atoms with Crippen molar-refractivity contribution in [3.05, 3.63) is 70.7 Å². The lowest BCUT2D eigenvalue weighted by Crippen LogP contribution is -2.33. The number of fused-ring (bicyclic) bond motifs is 5. The summed E-state index contributed by atoms with van der Waals surface area (Å²) in [4.78, 5) is 39.6. The van der Waals surface area contributed by atoms with Gasteiger partial charge in [0.1, 0.15) is 5.75 Å². The van der Waals surface area contributed by atoms with Gasteiger partial charge in [-0.05, 0) is 60.7 Å². The first-order valence-electron chi connectivity index (χ1n) is 9.17. The van der Waals surface area contributed by atoms with Gasteiger partial charge in [-0.2, -0.15) is 0 Å². The van der Waals surface area contributed by atoms with E-state index in [0.29, 0.717) is 17.0 Å². The van der Waals surface area contributed by atoms with Crippen molar-refractivity contribution in [2.24, 2.45) is 23.7 Å². The van der Waals surface area contributed by atoms with Crippen LogP contribution in [0.4, 0.5) is 5.69 Å². The average Bonchev–Trinajstić information content (AvgIpc) is 3.37. The van der Waals surface area contributed by atoms with Crippen LogP contribution in [-0.4, -0.2) is 17.8 Å². The summed E-state index contributed by atoms with van der Waals surface area (Å²) in [5.74, 6) is -0.657. The van der Waals surface area contributed by atoms with Gasteiger partial charge in [-0.3, -0.25) is 9.59 Å². The van der Waals surface area contributed by atoms with E-state index in [0.717, 1.165) is 10.9 Å². The molecule has 0 aromatic heterocycles. The van der Waals surface area contributed by atoms with E-state index in [1.54, 1.807) is 48.5 Å². The molecule has 5 rings (SSSR count). The van der Waals surface area contributed by atoms with Crippen molar-refractivity contribution >= 4 is 39.4 Å². The van der Waals surface area contributed by atoms with E-state index in [-0.39, 0.29) is 35.5 Å². The number of carbonyl (C=O) groups is 3. The standard InChI is InChI=1S/C22H16BrNO4/c23-15-6-8-17(9-7-15)28-22(27)14-2-1-3-16(11-14)24-20(25)18-12-4-5-13(10-12)19(18)21(24)26/h1-9,11-13,18-19H,10H2/t12-,13-,18-,19+/m0/s1. The molecule has 3 aliphatic rings. The van der Waals surface area contributed by atoms with Crippen LogP contribution in [0.5, 0.6) is 5.75 Å². The second kappa shape index (κ2) is 6.41. The van der Waals surface area contributed by atoms with Gasteiger partial charge in [-0.1, -0.05) is 34.1 Å². The molecule has 0 spiro atoms. The number of esters is 1. The number of rotatable bonds is 3. The molecule has 4 atom stereocenters. The number of anilines is 1. The van der Waals surface area contributed by atoms with Crippen molar-refractivity contribution in [1.29, 1.82) is 0 Å². The highest BCUT2D eigenvalue weighted by Crippen LogP contribution is 2.53. The van der Waals surface area contributed by atoms with Crippen LogP contribution in [0.1, 0.15) is 16.8 Å². The molecular formula is C22H16BrNO4. The Labute approximate surface area is 170 Å². The summed E-state index contributed by atoms with van der Waals surface area (Å²) < 4.78 is 6.27. The largest absolute Gasteiger partial charge is 0.423 e. The molecule has 5 nitrogen and oxygen atoms in total. The van der Waals surface area contributed by atoms with Gasteiger partial charge in [-0.15, -0.1) is 0 Å². The van der Waals surface area contributed by atoms with Crippen LogP contribution in [0.25, 0.3) is 0 Å². The van der Waals surface area contributed by atoms with Crippen molar-refractivity contribution in [2.75, 3.05) is 4.90 Å². The number of imide groups is 1. The highest BCUT2D eigenvalue weighted by atomic mass is 79.9. The minimum absolute atomic E-state index is 0.155. The Morgan fingerprint density at radius 1 is 0.964 bits per heavy atom. The Morgan fingerprint density at radius 2 is 1.61 bits per heavy atom. The summed E-state index contributed by atoms with van der Waals surface area (Å²) >= 11 is 3.33. The van der Waals surface area contributed by atoms with E-state index in [1.807, 2.05) is 0 Å². The maximum atomic E-state index is 12.9. The molecule has 1 saturated heterocycles. The maximum absolute atomic E-state index is 12.9. The van der Waals surface area contributed by atoms with Gasteiger partial charge in [0.25, 0.3) is 0 Å². The van der Waals surface area contributed by atoms with E-state index in [9.17, 15) is 14.4 Å². The van der Waals surface area contributed by atoms with E-state index in [2.05, 4.69) is 28.1 Å². The van der Waals surface area contributed by atoms with Crippen molar-refractivity contribution in [1.82, 2.24) is 0 Å². The lowest BCUT2D eigenvalue weighted by atomic mass is 9.85. The molecule has 0 N–H and O–H groups in total. The van der Waals surface area contributed by atoms with Crippen LogP contribution < -0.4 is 9.64 Å². The highest BCUT2D eigenvalue weighted by Gasteiger charge is 2.59. The van der Waals surface area contributed by atoms with Gasteiger partial charge in [0.2, 0.25) is 11.8 Å². The Kier molecular flexibility index (Phi) is 3.98. The highest BCUT2D eigenvalue weighted by molar-refractivity contribution is 9.10. The Bertz CT molecular complexity index is 999. The van der Waals surface area contributed by atoms with Crippen LogP contribution >= 0.6 is 15.9 Å². The van der Waals surface area contributed by atoms with Crippen LogP contribution in [0.3, 0.4) is 0 Å². The quantitative estimate of drug-likeness (QED) is 0.315. The molecule has 1 aliphatic heterocycles. The lowest BCUT2D eigenvalue weighted by molar-refractivity contribution is -0.123. The van der Waals surface area contributed by atoms with Crippen LogP contribution in [-0.2, 0) is 9.59 Å². The number of ether oxygens (including phenoxy) is 1. The molecule has 0 radical (unpaired) electrons. The predicted molar refractivity (Wildman–Crippen MR) is 106 cm³/mol. The lowest BCUT2D eigenvalue weighted by Gasteiger charge is -2.18. The smallest absolute Gasteiger partial charge is 0.343 e. The molecule has 6 heteroatoms. The summed E-state index contributed by atoms with van der Waals surface area (Å²) in [5, 5.41) is 0. The predicted octanol–water partition coefficient (Wildman–Crippen LogP) is 3.98. The molecule has 2 amide bonds. The summed E-state index contributed by atoms with van der Waals surface area (Å²) in [5.41, 5.74) is 0.716. The zero-order chi connectivity index (χ0) is 19.4. The van der Waals surface area contributed by atoms with Gasteiger partial charge in [0, 0.05) is 4.47 Å². The van der Waals surface area contributed by atoms with E-state index in [4.69, 9.17) is 4.74 Å². The first kappa shape index (κ1) is 17.4. The zero-order valence-corrected chi connectivity index (χ0v) is 16.3. The summed E-state index contributed by atoms with van der Waals surface area (Å²) in [6, 6.07) is 13.4. The molecule has 2 fully saturated rings. The molecule has 2 aliphatic carbocycles. The third-order valence-electron chi connectivity index (χ3n) is 5.83. The minimum atomic E-state index is -0.537. The Hall–Kier alpha value is -2.73. The number of carbonyl (C=O) groups excluding carboxylic acids is 3. The topological polar surface area (TPSA) is 63.7 Å². The number of amides is 2. The second-order valence-corrected chi connectivity index (χ2v) is 8.32. The fraction of sp³-hybridized carbons (Fsp3) is 0.227. The normalized spacial score (nSPS) is 27.4. The monoisotopic (exact) mass is 437 g/mol. The molecule has 140 valence electrons. The number of benzene rings is 2. The molecule has 0 unspecified atom stereocenters. The van der Waals surface area contributed by atoms with Crippen LogP contribution in [0, 0.1) is 23.7 Å². The number of halogens is 1. The molecule has 2 bridgehead atoms. The minimum Gasteiger partial charge on any atom is -0.423 e. The van der Waals surface area contributed by atoms with Gasteiger partial charge in [-0.25, -0.2) is 9.69 Å². The maximum Gasteiger partial charge on any atom is 0.343 e. The molecule has 2 aromatic carbocycles. The zero-order valence-electron chi connectivity index (χ0n) is 14.7. The number of hydrogen-bond acceptors (Lipinski definition) is 4. The van der Waals surface area contributed by atoms with Gasteiger partial charge < -0.3 is 4.74 Å². The summed E-state index contributed by atoms with van der Waals surface area (Å²) in [6.07, 6.45) is 5.01. The molecule has 28 heavy (non-hydrogen) atoms. The Balaban J connectivity index is 1.40.